The van der Waals surface area contributed by atoms with Gasteiger partial charge in [-0.05, 0) is 49.6 Å². The van der Waals surface area contributed by atoms with Crippen LogP contribution < -0.4 is 15.5 Å². The largest absolute Gasteiger partial charge is 0.372 e. The zero-order valence-corrected chi connectivity index (χ0v) is 16.3. The summed E-state index contributed by atoms with van der Waals surface area (Å²) >= 11 is 0. The van der Waals surface area contributed by atoms with Crippen LogP contribution in [-0.2, 0) is 17.7 Å². The average molecular weight is 386 g/mol. The SMILES string of the molecule is CC1CN(c2ccc(CNC(=O)NCCc3cccc(F)c3)cn2)CC(C)O1. The first-order chi connectivity index (χ1) is 13.5. The third-order valence-corrected chi connectivity index (χ3v) is 4.59. The number of ether oxygens (including phenoxy) is 1. The molecule has 6 nitrogen and oxygen atoms in total. The Balaban J connectivity index is 1.41. The van der Waals surface area contributed by atoms with E-state index in [1.807, 2.05) is 18.2 Å². The Hall–Kier alpha value is -2.67. The quantitative estimate of drug-likeness (QED) is 0.801. The number of rotatable bonds is 6. The Morgan fingerprint density at radius 3 is 2.64 bits per heavy atom. The molecule has 2 N–H and O–H groups in total. The van der Waals surface area contributed by atoms with Crippen LogP contribution in [0.15, 0.2) is 42.6 Å². The van der Waals surface area contributed by atoms with E-state index in [9.17, 15) is 9.18 Å². The fraction of sp³-hybridized carbons (Fsp3) is 0.429. The molecule has 28 heavy (non-hydrogen) atoms. The first-order valence-electron chi connectivity index (χ1n) is 9.61. The van der Waals surface area contributed by atoms with Crippen LogP contribution in [0.2, 0.25) is 0 Å². The summed E-state index contributed by atoms with van der Waals surface area (Å²) in [7, 11) is 0. The van der Waals surface area contributed by atoms with Crippen molar-refractivity contribution in [3.8, 4) is 0 Å². The van der Waals surface area contributed by atoms with Crippen LogP contribution in [0, 0.1) is 5.82 Å². The topological polar surface area (TPSA) is 66.5 Å². The third-order valence-electron chi connectivity index (χ3n) is 4.59. The van der Waals surface area contributed by atoms with Crippen LogP contribution in [0.5, 0.6) is 0 Å². The third kappa shape index (κ3) is 5.92. The van der Waals surface area contributed by atoms with E-state index in [1.54, 1.807) is 12.3 Å². The normalized spacial score (nSPS) is 19.3. The van der Waals surface area contributed by atoms with Crippen LogP contribution in [0.3, 0.4) is 0 Å². The lowest BCUT2D eigenvalue weighted by Gasteiger charge is -2.36. The van der Waals surface area contributed by atoms with Gasteiger partial charge in [-0.15, -0.1) is 0 Å². The van der Waals surface area contributed by atoms with E-state index in [1.165, 1.54) is 12.1 Å². The van der Waals surface area contributed by atoms with Crippen LogP contribution in [0.4, 0.5) is 15.0 Å². The van der Waals surface area contributed by atoms with Crippen LogP contribution in [0.1, 0.15) is 25.0 Å². The monoisotopic (exact) mass is 386 g/mol. The second-order valence-electron chi connectivity index (χ2n) is 7.18. The number of carbonyl (C=O) groups excluding carboxylic acids is 1. The van der Waals surface area contributed by atoms with E-state index in [4.69, 9.17) is 4.74 Å². The number of hydrogen-bond donors (Lipinski definition) is 2. The maximum absolute atomic E-state index is 13.1. The first-order valence-corrected chi connectivity index (χ1v) is 9.61. The molecule has 1 saturated heterocycles. The van der Waals surface area contributed by atoms with Gasteiger partial charge >= 0.3 is 6.03 Å². The number of urea groups is 1. The van der Waals surface area contributed by atoms with Gasteiger partial charge in [0.15, 0.2) is 0 Å². The van der Waals surface area contributed by atoms with E-state index in [0.717, 1.165) is 30.0 Å². The predicted octanol–water partition coefficient (Wildman–Crippen LogP) is 2.88. The summed E-state index contributed by atoms with van der Waals surface area (Å²) in [6.07, 6.45) is 2.73. The van der Waals surface area contributed by atoms with Crippen molar-refractivity contribution in [2.24, 2.45) is 0 Å². The smallest absolute Gasteiger partial charge is 0.315 e. The number of morpholine rings is 1. The van der Waals surface area contributed by atoms with Crippen molar-refractivity contribution in [3.05, 3.63) is 59.5 Å². The summed E-state index contributed by atoms with van der Waals surface area (Å²) < 4.78 is 18.9. The van der Waals surface area contributed by atoms with Gasteiger partial charge in [0, 0.05) is 32.4 Å². The van der Waals surface area contributed by atoms with Gasteiger partial charge in [0.25, 0.3) is 0 Å². The molecule has 2 heterocycles. The molecule has 1 fully saturated rings. The van der Waals surface area contributed by atoms with Crippen molar-refractivity contribution < 1.29 is 13.9 Å². The molecule has 0 spiro atoms. The summed E-state index contributed by atoms with van der Waals surface area (Å²) in [5.74, 6) is 0.657. The van der Waals surface area contributed by atoms with E-state index in [2.05, 4.69) is 34.4 Å². The van der Waals surface area contributed by atoms with Gasteiger partial charge in [-0.1, -0.05) is 18.2 Å². The zero-order valence-electron chi connectivity index (χ0n) is 16.3. The molecule has 0 bridgehead atoms. The molecule has 2 unspecified atom stereocenters. The molecule has 2 atom stereocenters. The van der Waals surface area contributed by atoms with Crippen LogP contribution in [0.25, 0.3) is 0 Å². The van der Waals surface area contributed by atoms with Crippen molar-refractivity contribution in [1.82, 2.24) is 15.6 Å². The minimum Gasteiger partial charge on any atom is -0.372 e. The number of nitrogens with zero attached hydrogens (tertiary/aromatic N) is 2. The van der Waals surface area contributed by atoms with E-state index < -0.39 is 0 Å². The van der Waals surface area contributed by atoms with Gasteiger partial charge in [-0.3, -0.25) is 0 Å². The summed E-state index contributed by atoms with van der Waals surface area (Å²) in [5, 5.41) is 5.59. The maximum atomic E-state index is 13.1. The number of nitrogens with one attached hydrogen (secondary N) is 2. The Labute approximate surface area is 165 Å². The lowest BCUT2D eigenvalue weighted by Crippen LogP contribution is -2.45. The maximum Gasteiger partial charge on any atom is 0.315 e. The van der Waals surface area contributed by atoms with Crippen molar-refractivity contribution in [2.45, 2.75) is 39.0 Å². The summed E-state index contributed by atoms with van der Waals surface area (Å²) in [5.41, 5.74) is 1.78. The standard InChI is InChI=1S/C21H27FN4O2/c1-15-13-26(14-16(2)28-15)20-7-6-18(11-24-20)12-25-21(27)23-9-8-17-4-3-5-19(22)10-17/h3-7,10-11,15-16H,8-9,12-14H2,1-2H3,(H2,23,25,27). The minimum atomic E-state index is -0.265. The highest BCUT2D eigenvalue weighted by Gasteiger charge is 2.22. The van der Waals surface area contributed by atoms with E-state index in [-0.39, 0.29) is 24.1 Å². The first kappa shape index (κ1) is 20.1. The van der Waals surface area contributed by atoms with Crippen molar-refractivity contribution in [3.63, 3.8) is 0 Å². The molecule has 2 amide bonds. The molecule has 3 rings (SSSR count). The minimum absolute atomic E-state index is 0.183. The van der Waals surface area contributed by atoms with Gasteiger partial charge in [0.1, 0.15) is 11.6 Å². The molecule has 1 aromatic carbocycles. The molecule has 1 aliphatic heterocycles. The number of halogens is 1. The Morgan fingerprint density at radius 2 is 1.96 bits per heavy atom. The summed E-state index contributed by atoms with van der Waals surface area (Å²) in [6.45, 7) is 6.61. The second-order valence-corrected chi connectivity index (χ2v) is 7.18. The van der Waals surface area contributed by atoms with Crippen molar-refractivity contribution in [1.29, 1.82) is 0 Å². The molecule has 0 saturated carbocycles. The number of anilines is 1. The van der Waals surface area contributed by atoms with Gasteiger partial charge in [-0.2, -0.15) is 0 Å². The fourth-order valence-corrected chi connectivity index (χ4v) is 3.33. The lowest BCUT2D eigenvalue weighted by atomic mass is 10.1. The van der Waals surface area contributed by atoms with Gasteiger partial charge < -0.3 is 20.3 Å². The fourth-order valence-electron chi connectivity index (χ4n) is 3.33. The van der Waals surface area contributed by atoms with Crippen molar-refractivity contribution >= 4 is 11.8 Å². The highest BCUT2D eigenvalue weighted by atomic mass is 19.1. The number of hydrogen-bond acceptors (Lipinski definition) is 4. The van der Waals surface area contributed by atoms with Gasteiger partial charge in [-0.25, -0.2) is 14.2 Å². The number of pyridine rings is 1. The molecule has 7 heteroatoms. The zero-order chi connectivity index (χ0) is 19.9. The van der Waals surface area contributed by atoms with Crippen LogP contribution in [-0.4, -0.2) is 42.9 Å². The second kappa shape index (κ2) is 9.50. The molecular weight excluding hydrogens is 359 g/mol. The molecule has 1 aromatic heterocycles. The van der Waals surface area contributed by atoms with Gasteiger partial charge in [0.2, 0.25) is 0 Å². The van der Waals surface area contributed by atoms with E-state index >= 15 is 0 Å². The van der Waals surface area contributed by atoms with Crippen molar-refractivity contribution in [2.75, 3.05) is 24.5 Å². The molecule has 1 aliphatic rings. The number of amides is 2. The Morgan fingerprint density at radius 1 is 1.18 bits per heavy atom. The molecule has 150 valence electrons. The molecule has 0 radical (unpaired) electrons. The Kier molecular flexibility index (Phi) is 6.81. The number of aromatic nitrogens is 1. The summed E-state index contributed by atoms with van der Waals surface area (Å²) in [6, 6.07) is 10.1. The average Bonchev–Trinajstić information content (AvgIpc) is 2.66. The molecule has 2 aromatic rings. The lowest BCUT2D eigenvalue weighted by molar-refractivity contribution is -0.00546. The molecular formula is C21H27FN4O2. The van der Waals surface area contributed by atoms with E-state index in [0.29, 0.717) is 19.5 Å². The molecule has 0 aliphatic carbocycles. The number of benzene rings is 1. The Bertz CT molecular complexity index is 774. The highest BCUT2D eigenvalue weighted by Crippen LogP contribution is 2.18. The van der Waals surface area contributed by atoms with Gasteiger partial charge in [0.05, 0.1) is 12.2 Å². The number of carbonyl (C=O) groups is 1. The predicted molar refractivity (Wildman–Crippen MR) is 107 cm³/mol. The highest BCUT2D eigenvalue weighted by molar-refractivity contribution is 5.73. The summed E-state index contributed by atoms with van der Waals surface area (Å²) in [4.78, 5) is 18.7. The van der Waals surface area contributed by atoms with Crippen LogP contribution >= 0.6 is 0 Å².